The first kappa shape index (κ1) is 24.7. The van der Waals surface area contributed by atoms with Crippen LogP contribution in [0.25, 0.3) is 11.6 Å². The summed E-state index contributed by atoms with van der Waals surface area (Å²) in [6.07, 6.45) is 3.33. The van der Waals surface area contributed by atoms with Gasteiger partial charge in [-0.15, -0.1) is 24.0 Å². The van der Waals surface area contributed by atoms with Gasteiger partial charge in [0.1, 0.15) is 5.82 Å². The average Bonchev–Trinajstić information content (AvgIpc) is 3.46. The van der Waals surface area contributed by atoms with Gasteiger partial charge in [-0.25, -0.2) is 4.98 Å². The zero-order chi connectivity index (χ0) is 21.0. The Morgan fingerprint density at radius 3 is 2.68 bits per heavy atom. The Morgan fingerprint density at radius 1 is 1.13 bits per heavy atom. The van der Waals surface area contributed by atoms with E-state index >= 15 is 0 Å². The maximum atomic E-state index is 5.32. The second-order valence-corrected chi connectivity index (χ2v) is 6.79. The van der Waals surface area contributed by atoms with E-state index < -0.39 is 0 Å². The van der Waals surface area contributed by atoms with Crippen LogP contribution in [0.4, 0.5) is 5.69 Å². The number of hydrogen-bond donors (Lipinski definition) is 3. The number of benzene rings is 1. The summed E-state index contributed by atoms with van der Waals surface area (Å²) in [6, 6.07) is 14.2. The number of aliphatic imine (C=N–C) groups is 1. The Morgan fingerprint density at radius 2 is 1.97 bits per heavy atom. The molecule has 0 radical (unpaired) electrons. The molecule has 0 atom stereocenters. The lowest BCUT2D eigenvalue weighted by Crippen LogP contribution is -2.38. The Labute approximate surface area is 201 Å². The molecule has 9 heteroatoms. The molecule has 2 aromatic heterocycles. The molecule has 168 valence electrons. The highest BCUT2D eigenvalue weighted by molar-refractivity contribution is 14.0. The van der Waals surface area contributed by atoms with Gasteiger partial charge >= 0.3 is 0 Å². The van der Waals surface area contributed by atoms with E-state index in [0.29, 0.717) is 18.1 Å². The largest absolute Gasteiger partial charge is 0.461 e. The van der Waals surface area contributed by atoms with E-state index in [0.717, 1.165) is 50.8 Å². The minimum atomic E-state index is 0. The van der Waals surface area contributed by atoms with Gasteiger partial charge in [0.15, 0.2) is 11.7 Å². The first-order valence-electron chi connectivity index (χ1n) is 10.6. The van der Waals surface area contributed by atoms with Crippen LogP contribution in [-0.2, 0) is 6.42 Å². The molecule has 0 fully saturated rings. The third kappa shape index (κ3) is 7.89. The van der Waals surface area contributed by atoms with E-state index in [1.54, 1.807) is 6.26 Å². The number of aromatic amines is 1. The standard InChI is InChI=1S/C22H31N7O.HI/c1-3-23-22(24-14-9-16-29(4-2)18-10-6-5-7-11-18)25-15-13-20-26-21(28-27-20)19-12-8-17-30-19;/h5-8,10-12,17H,3-4,9,13-16H2,1-2H3,(H2,23,24,25)(H,26,27,28);1H. The molecule has 0 aliphatic carbocycles. The Balaban J connectivity index is 0.00000341. The summed E-state index contributed by atoms with van der Waals surface area (Å²) in [4.78, 5) is 11.5. The van der Waals surface area contributed by atoms with Crippen molar-refractivity contribution in [2.24, 2.45) is 4.99 Å². The normalized spacial score (nSPS) is 11.1. The summed E-state index contributed by atoms with van der Waals surface area (Å²) >= 11 is 0. The van der Waals surface area contributed by atoms with Gasteiger partial charge < -0.3 is 20.0 Å². The fourth-order valence-electron chi connectivity index (χ4n) is 3.13. The smallest absolute Gasteiger partial charge is 0.216 e. The van der Waals surface area contributed by atoms with Crippen molar-refractivity contribution in [3.63, 3.8) is 0 Å². The second-order valence-electron chi connectivity index (χ2n) is 6.79. The number of nitrogens with zero attached hydrogens (tertiary/aromatic N) is 4. The molecule has 0 spiro atoms. The van der Waals surface area contributed by atoms with Gasteiger partial charge in [0, 0.05) is 44.8 Å². The summed E-state index contributed by atoms with van der Waals surface area (Å²) in [7, 11) is 0. The molecule has 0 aliphatic rings. The maximum Gasteiger partial charge on any atom is 0.216 e. The number of furan rings is 1. The third-order valence-corrected chi connectivity index (χ3v) is 4.63. The predicted molar refractivity (Wildman–Crippen MR) is 136 cm³/mol. The van der Waals surface area contributed by atoms with E-state index in [9.17, 15) is 0 Å². The van der Waals surface area contributed by atoms with Crippen LogP contribution in [-0.4, -0.2) is 53.9 Å². The Hall–Kier alpha value is -2.56. The van der Waals surface area contributed by atoms with Crippen molar-refractivity contribution >= 4 is 35.6 Å². The van der Waals surface area contributed by atoms with Crippen molar-refractivity contribution in [3.05, 3.63) is 54.6 Å². The topological polar surface area (TPSA) is 94.4 Å². The fraction of sp³-hybridized carbons (Fsp3) is 0.409. The van der Waals surface area contributed by atoms with Crippen molar-refractivity contribution in [2.45, 2.75) is 26.7 Å². The highest BCUT2D eigenvalue weighted by atomic mass is 127. The Kier molecular flexibility index (Phi) is 10.9. The van der Waals surface area contributed by atoms with Gasteiger partial charge in [-0.3, -0.25) is 10.1 Å². The maximum absolute atomic E-state index is 5.32. The number of halogens is 1. The molecule has 0 aliphatic heterocycles. The zero-order valence-corrected chi connectivity index (χ0v) is 20.5. The summed E-state index contributed by atoms with van der Waals surface area (Å²) < 4.78 is 5.32. The molecule has 8 nitrogen and oxygen atoms in total. The summed E-state index contributed by atoms with van der Waals surface area (Å²) in [6.45, 7) is 8.52. The van der Waals surface area contributed by atoms with E-state index in [1.165, 1.54) is 5.69 Å². The highest BCUT2D eigenvalue weighted by Crippen LogP contribution is 2.14. The number of rotatable bonds is 11. The zero-order valence-electron chi connectivity index (χ0n) is 18.2. The molecule has 3 N–H and O–H groups in total. The van der Waals surface area contributed by atoms with Crippen molar-refractivity contribution in [3.8, 4) is 11.6 Å². The second kappa shape index (κ2) is 13.7. The lowest BCUT2D eigenvalue weighted by atomic mass is 10.2. The highest BCUT2D eigenvalue weighted by Gasteiger charge is 2.08. The van der Waals surface area contributed by atoms with Crippen LogP contribution in [0.3, 0.4) is 0 Å². The lowest BCUT2D eigenvalue weighted by molar-refractivity contribution is 0.577. The number of anilines is 1. The molecule has 0 unspecified atom stereocenters. The minimum Gasteiger partial charge on any atom is -0.461 e. The molecule has 1 aromatic carbocycles. The molecule has 3 aromatic rings. The fourth-order valence-corrected chi connectivity index (χ4v) is 3.13. The number of nitrogens with one attached hydrogen (secondary N) is 3. The molecular formula is C22H32IN7O. The van der Waals surface area contributed by atoms with Crippen LogP contribution in [0.2, 0.25) is 0 Å². The number of para-hydroxylation sites is 1. The molecule has 31 heavy (non-hydrogen) atoms. The number of H-pyrrole nitrogens is 1. The van der Waals surface area contributed by atoms with Gasteiger partial charge in [0.2, 0.25) is 5.82 Å². The van der Waals surface area contributed by atoms with Gasteiger partial charge in [-0.2, -0.15) is 5.10 Å². The minimum absolute atomic E-state index is 0. The molecule has 0 saturated heterocycles. The van der Waals surface area contributed by atoms with Crippen LogP contribution < -0.4 is 15.5 Å². The van der Waals surface area contributed by atoms with Crippen molar-refractivity contribution in [2.75, 3.05) is 37.6 Å². The van der Waals surface area contributed by atoms with Gasteiger partial charge in [0.05, 0.1) is 6.26 Å². The van der Waals surface area contributed by atoms with E-state index in [2.05, 4.69) is 68.8 Å². The molecule has 0 saturated carbocycles. The first-order valence-corrected chi connectivity index (χ1v) is 10.6. The summed E-state index contributed by atoms with van der Waals surface area (Å²) in [5.74, 6) is 2.88. The van der Waals surface area contributed by atoms with Crippen LogP contribution in [0, 0.1) is 0 Å². The van der Waals surface area contributed by atoms with Crippen LogP contribution in [0.15, 0.2) is 58.1 Å². The average molecular weight is 537 g/mol. The lowest BCUT2D eigenvalue weighted by Gasteiger charge is -2.22. The van der Waals surface area contributed by atoms with Crippen LogP contribution >= 0.6 is 24.0 Å². The summed E-state index contributed by atoms with van der Waals surface area (Å²) in [5.41, 5.74) is 1.26. The molecule has 0 bridgehead atoms. The summed E-state index contributed by atoms with van der Waals surface area (Å²) in [5, 5.41) is 13.8. The van der Waals surface area contributed by atoms with Gasteiger partial charge in [-0.1, -0.05) is 18.2 Å². The van der Waals surface area contributed by atoms with E-state index in [-0.39, 0.29) is 24.0 Å². The predicted octanol–water partition coefficient (Wildman–Crippen LogP) is 3.70. The third-order valence-electron chi connectivity index (χ3n) is 4.63. The monoisotopic (exact) mass is 537 g/mol. The molecule has 0 amide bonds. The van der Waals surface area contributed by atoms with E-state index in [1.807, 2.05) is 18.2 Å². The van der Waals surface area contributed by atoms with E-state index in [4.69, 9.17) is 9.41 Å². The first-order chi connectivity index (χ1) is 14.8. The number of aromatic nitrogens is 3. The van der Waals surface area contributed by atoms with Crippen molar-refractivity contribution < 1.29 is 4.42 Å². The SMILES string of the molecule is CCNC(=NCCCN(CC)c1ccccc1)NCCc1nc(-c2ccco2)n[nH]1.I. The molecule has 2 heterocycles. The molecular weight excluding hydrogens is 505 g/mol. The van der Waals surface area contributed by atoms with Crippen LogP contribution in [0.1, 0.15) is 26.1 Å². The quantitative estimate of drug-likeness (QED) is 0.150. The molecule has 3 rings (SSSR count). The Bertz CT molecular complexity index is 880. The van der Waals surface area contributed by atoms with Crippen LogP contribution in [0.5, 0.6) is 0 Å². The van der Waals surface area contributed by atoms with Gasteiger partial charge in [0.25, 0.3) is 0 Å². The number of guanidine groups is 1. The van der Waals surface area contributed by atoms with Gasteiger partial charge in [-0.05, 0) is 44.5 Å². The van der Waals surface area contributed by atoms with Crippen molar-refractivity contribution in [1.82, 2.24) is 25.8 Å². The van der Waals surface area contributed by atoms with Crippen molar-refractivity contribution in [1.29, 1.82) is 0 Å². The number of hydrogen-bond acceptors (Lipinski definition) is 5.